The summed E-state index contributed by atoms with van der Waals surface area (Å²) in [5.74, 6) is 0.410. The predicted molar refractivity (Wildman–Crippen MR) is 147 cm³/mol. The second-order valence-corrected chi connectivity index (χ2v) is 10.8. The predicted octanol–water partition coefficient (Wildman–Crippen LogP) is 4.50. The Kier molecular flexibility index (Phi) is 8.78. The zero-order valence-electron chi connectivity index (χ0n) is 21.5. The normalized spacial score (nSPS) is 13.0. The molecule has 198 valence electrons. The van der Waals surface area contributed by atoms with Gasteiger partial charge in [0.2, 0.25) is 10.0 Å². The number of sulfonamides is 1. The number of benzene rings is 3. The van der Waals surface area contributed by atoms with E-state index in [1.807, 2.05) is 36.4 Å². The lowest BCUT2D eigenvalue weighted by Gasteiger charge is -2.23. The Labute approximate surface area is 223 Å². The van der Waals surface area contributed by atoms with E-state index in [2.05, 4.69) is 18.2 Å². The molecule has 0 aromatic heterocycles. The first kappa shape index (κ1) is 27.3. The average molecular weight is 534 g/mol. The highest BCUT2D eigenvalue weighted by atomic mass is 32.2. The standard InChI is InChI=1S/C30H31NO6S/c1-36-29-16-15-27(19-30(29)37-2)38(34,35)31(18-17-25-13-12-24-5-3-4-6-28(24)25)20-23-9-7-22(8-10-23)11-14-26(33)21-32/h3-11,13-16,19,32H,12,17-18,20-21H2,1-2H3/b14-11+. The molecule has 0 amide bonds. The number of ketones is 1. The number of carbonyl (C=O) groups excluding carboxylic acids is 1. The number of aliphatic hydroxyl groups is 1. The van der Waals surface area contributed by atoms with Crippen LogP contribution in [0.25, 0.3) is 11.6 Å². The molecule has 1 aliphatic carbocycles. The second kappa shape index (κ2) is 12.2. The van der Waals surface area contributed by atoms with Gasteiger partial charge in [-0.05, 0) is 58.9 Å². The third-order valence-electron chi connectivity index (χ3n) is 6.51. The van der Waals surface area contributed by atoms with Gasteiger partial charge in [0.25, 0.3) is 0 Å². The molecule has 0 atom stereocenters. The minimum atomic E-state index is -3.88. The molecule has 0 unspecified atom stereocenters. The number of hydrogen-bond acceptors (Lipinski definition) is 6. The van der Waals surface area contributed by atoms with Crippen LogP contribution in [0.2, 0.25) is 0 Å². The monoisotopic (exact) mass is 533 g/mol. The van der Waals surface area contributed by atoms with Gasteiger partial charge < -0.3 is 14.6 Å². The number of hydrogen-bond donors (Lipinski definition) is 1. The second-order valence-electron chi connectivity index (χ2n) is 8.90. The Balaban J connectivity index is 1.61. The van der Waals surface area contributed by atoms with E-state index in [0.717, 1.165) is 23.1 Å². The van der Waals surface area contributed by atoms with E-state index in [4.69, 9.17) is 14.6 Å². The molecule has 0 spiro atoms. The molecule has 1 N–H and O–H groups in total. The van der Waals surface area contributed by atoms with E-state index >= 15 is 0 Å². The first-order chi connectivity index (χ1) is 18.3. The lowest BCUT2D eigenvalue weighted by Crippen LogP contribution is -2.31. The van der Waals surface area contributed by atoms with Crippen LogP contribution in [-0.4, -0.2) is 51.0 Å². The van der Waals surface area contributed by atoms with Gasteiger partial charge in [-0.2, -0.15) is 4.31 Å². The van der Waals surface area contributed by atoms with Gasteiger partial charge >= 0.3 is 0 Å². The van der Waals surface area contributed by atoms with Crippen LogP contribution in [0.3, 0.4) is 0 Å². The van der Waals surface area contributed by atoms with Crippen molar-refractivity contribution in [1.82, 2.24) is 4.31 Å². The van der Waals surface area contributed by atoms with Crippen molar-refractivity contribution in [3.8, 4) is 11.5 Å². The summed E-state index contributed by atoms with van der Waals surface area (Å²) in [5, 5.41) is 8.89. The molecule has 1 aliphatic rings. The molecule has 0 saturated carbocycles. The van der Waals surface area contributed by atoms with Crippen molar-refractivity contribution in [2.24, 2.45) is 0 Å². The SMILES string of the molecule is COc1ccc(S(=O)(=O)N(CCC2=CCc3ccccc32)Cc2ccc(/C=C/C(=O)CO)cc2)cc1OC. The zero-order chi connectivity index (χ0) is 27.1. The maximum Gasteiger partial charge on any atom is 0.243 e. The summed E-state index contributed by atoms with van der Waals surface area (Å²) in [4.78, 5) is 11.5. The first-order valence-corrected chi connectivity index (χ1v) is 13.7. The third-order valence-corrected chi connectivity index (χ3v) is 8.35. The summed E-state index contributed by atoms with van der Waals surface area (Å²) >= 11 is 0. The lowest BCUT2D eigenvalue weighted by molar-refractivity contribution is -0.117. The highest BCUT2D eigenvalue weighted by molar-refractivity contribution is 7.89. The highest BCUT2D eigenvalue weighted by Gasteiger charge is 2.27. The summed E-state index contributed by atoms with van der Waals surface area (Å²) < 4.78 is 39.9. The summed E-state index contributed by atoms with van der Waals surface area (Å²) in [6.45, 7) is -0.0763. The molecule has 0 radical (unpaired) electrons. The molecule has 0 heterocycles. The van der Waals surface area contributed by atoms with Crippen molar-refractivity contribution in [3.63, 3.8) is 0 Å². The van der Waals surface area contributed by atoms with Crippen molar-refractivity contribution in [3.05, 3.63) is 101 Å². The summed E-state index contributed by atoms with van der Waals surface area (Å²) in [5.41, 5.74) is 5.14. The zero-order valence-corrected chi connectivity index (χ0v) is 22.3. The fraction of sp³-hybridized carbons (Fsp3) is 0.233. The topological polar surface area (TPSA) is 93.1 Å². The van der Waals surface area contributed by atoms with Gasteiger partial charge in [0.05, 0.1) is 19.1 Å². The average Bonchev–Trinajstić information content (AvgIpc) is 3.37. The van der Waals surface area contributed by atoms with E-state index in [9.17, 15) is 13.2 Å². The maximum absolute atomic E-state index is 13.9. The van der Waals surface area contributed by atoms with E-state index in [1.54, 1.807) is 12.1 Å². The molecule has 3 aromatic rings. The van der Waals surface area contributed by atoms with Gasteiger partial charge in [0, 0.05) is 19.2 Å². The first-order valence-electron chi connectivity index (χ1n) is 12.3. The number of carbonyl (C=O) groups is 1. The van der Waals surface area contributed by atoms with E-state index in [-0.39, 0.29) is 17.2 Å². The molecule has 38 heavy (non-hydrogen) atoms. The van der Waals surface area contributed by atoms with Crippen molar-refractivity contribution in [2.45, 2.75) is 24.3 Å². The van der Waals surface area contributed by atoms with Crippen LogP contribution in [-0.2, 0) is 27.8 Å². The van der Waals surface area contributed by atoms with E-state index < -0.39 is 16.6 Å². The van der Waals surface area contributed by atoms with Gasteiger partial charge in [0.1, 0.15) is 6.61 Å². The minimum absolute atomic E-state index is 0.123. The van der Waals surface area contributed by atoms with Gasteiger partial charge in [-0.3, -0.25) is 4.79 Å². The van der Waals surface area contributed by atoms with Gasteiger partial charge in [-0.15, -0.1) is 0 Å². The van der Waals surface area contributed by atoms with Crippen LogP contribution in [0, 0.1) is 0 Å². The van der Waals surface area contributed by atoms with Gasteiger partial charge in [-0.25, -0.2) is 8.42 Å². The number of ether oxygens (including phenoxy) is 2. The minimum Gasteiger partial charge on any atom is -0.493 e. The van der Waals surface area contributed by atoms with Crippen LogP contribution in [0.5, 0.6) is 11.5 Å². The van der Waals surface area contributed by atoms with Crippen LogP contribution < -0.4 is 9.47 Å². The van der Waals surface area contributed by atoms with Crippen molar-refractivity contribution in [1.29, 1.82) is 0 Å². The number of methoxy groups -OCH3 is 2. The molecule has 7 nitrogen and oxygen atoms in total. The number of allylic oxidation sites excluding steroid dienone is 1. The Bertz CT molecular complexity index is 1460. The third kappa shape index (κ3) is 6.22. The van der Waals surface area contributed by atoms with Crippen LogP contribution in [0.1, 0.15) is 28.7 Å². The fourth-order valence-corrected chi connectivity index (χ4v) is 5.87. The Hall–Kier alpha value is -3.72. The summed E-state index contributed by atoms with van der Waals surface area (Å²) in [6.07, 6.45) is 6.52. The Morgan fingerprint density at radius 1 is 1.00 bits per heavy atom. The Morgan fingerprint density at radius 3 is 2.45 bits per heavy atom. The van der Waals surface area contributed by atoms with Gasteiger partial charge in [0.15, 0.2) is 17.3 Å². The molecule has 0 bridgehead atoms. The molecule has 0 saturated heterocycles. The maximum atomic E-state index is 13.9. The van der Waals surface area contributed by atoms with Gasteiger partial charge in [-0.1, -0.05) is 60.7 Å². The van der Waals surface area contributed by atoms with Crippen molar-refractivity contribution in [2.75, 3.05) is 27.4 Å². The smallest absolute Gasteiger partial charge is 0.243 e. The van der Waals surface area contributed by atoms with Crippen LogP contribution in [0.4, 0.5) is 0 Å². The number of nitrogens with zero attached hydrogens (tertiary/aromatic N) is 1. The largest absolute Gasteiger partial charge is 0.493 e. The number of aliphatic hydroxyl groups excluding tert-OH is 1. The molecule has 3 aromatic carbocycles. The fourth-order valence-electron chi connectivity index (χ4n) is 4.43. The van der Waals surface area contributed by atoms with E-state index in [1.165, 1.54) is 47.9 Å². The molecule has 0 aliphatic heterocycles. The van der Waals surface area contributed by atoms with Crippen LogP contribution in [0.15, 0.2) is 83.8 Å². The quantitative estimate of drug-likeness (QED) is 0.345. The molecule has 4 rings (SSSR count). The highest BCUT2D eigenvalue weighted by Crippen LogP contribution is 2.33. The van der Waals surface area contributed by atoms with Crippen molar-refractivity contribution >= 4 is 27.5 Å². The summed E-state index contributed by atoms with van der Waals surface area (Å²) in [6, 6.07) is 20.1. The van der Waals surface area contributed by atoms with Crippen molar-refractivity contribution < 1.29 is 27.8 Å². The number of rotatable bonds is 12. The van der Waals surface area contributed by atoms with Crippen LogP contribution >= 0.6 is 0 Å². The summed E-state index contributed by atoms with van der Waals surface area (Å²) in [7, 11) is -0.900. The van der Waals surface area contributed by atoms with E-state index in [0.29, 0.717) is 24.5 Å². The molecule has 8 heteroatoms. The molecule has 0 fully saturated rings. The lowest BCUT2D eigenvalue weighted by atomic mass is 10.0. The molecular formula is C30H31NO6S. The molecular weight excluding hydrogens is 502 g/mol. The Morgan fingerprint density at radius 2 is 1.74 bits per heavy atom. The number of fused-ring (bicyclic) bond motifs is 1.